The first-order valence-corrected chi connectivity index (χ1v) is 5.04. The molecule has 0 bridgehead atoms. The van der Waals surface area contributed by atoms with Crippen LogP contribution in [0, 0.1) is 5.41 Å². The van der Waals surface area contributed by atoms with Crippen LogP contribution >= 0.6 is 0 Å². The van der Waals surface area contributed by atoms with Crippen LogP contribution < -0.4 is 5.32 Å². The second-order valence-corrected chi connectivity index (χ2v) is 4.96. The lowest BCUT2D eigenvalue weighted by molar-refractivity contribution is -0.154. The summed E-state index contributed by atoms with van der Waals surface area (Å²) in [6, 6.07) is -0.0881. The van der Waals surface area contributed by atoms with Crippen molar-refractivity contribution in [1.82, 2.24) is 5.32 Å². The minimum Gasteiger partial charge on any atom is -0.353 e. The Morgan fingerprint density at radius 1 is 1.47 bits per heavy atom. The molecule has 0 spiro atoms. The average molecular weight is 223 g/mol. The van der Waals surface area contributed by atoms with Gasteiger partial charge in [0.2, 0.25) is 5.91 Å². The molecular weight excluding hydrogens is 207 g/mol. The molecule has 0 aromatic rings. The highest BCUT2D eigenvalue weighted by molar-refractivity contribution is 5.76. The minimum absolute atomic E-state index is 0.0881. The molecule has 1 fully saturated rings. The largest absolute Gasteiger partial charge is 0.397 e. The molecule has 0 aliphatic heterocycles. The zero-order valence-electron chi connectivity index (χ0n) is 8.95. The van der Waals surface area contributed by atoms with Crippen LogP contribution in [0.4, 0.5) is 13.2 Å². The van der Waals surface area contributed by atoms with Crippen LogP contribution in [0.3, 0.4) is 0 Å². The predicted molar refractivity (Wildman–Crippen MR) is 50.2 cm³/mol. The quantitative estimate of drug-likeness (QED) is 0.766. The number of hydrogen-bond acceptors (Lipinski definition) is 1. The van der Waals surface area contributed by atoms with E-state index in [0.717, 1.165) is 19.3 Å². The first kappa shape index (κ1) is 12.3. The van der Waals surface area contributed by atoms with E-state index >= 15 is 0 Å². The Labute approximate surface area is 87.2 Å². The van der Waals surface area contributed by atoms with E-state index < -0.39 is 18.5 Å². The van der Waals surface area contributed by atoms with E-state index in [4.69, 9.17) is 0 Å². The fourth-order valence-corrected chi connectivity index (χ4v) is 2.02. The highest BCUT2D eigenvalue weighted by atomic mass is 19.4. The van der Waals surface area contributed by atoms with E-state index in [1.54, 1.807) is 0 Å². The summed E-state index contributed by atoms with van der Waals surface area (Å²) in [6.07, 6.45) is -3.29. The van der Waals surface area contributed by atoms with E-state index in [-0.39, 0.29) is 11.5 Å². The first-order valence-electron chi connectivity index (χ1n) is 5.04. The third-order valence-electron chi connectivity index (χ3n) is 2.69. The molecule has 15 heavy (non-hydrogen) atoms. The molecular formula is C10H16F3NO. The van der Waals surface area contributed by atoms with Gasteiger partial charge in [-0.15, -0.1) is 0 Å². The third-order valence-corrected chi connectivity index (χ3v) is 2.69. The summed E-state index contributed by atoms with van der Waals surface area (Å²) < 4.78 is 35.6. The molecule has 1 rings (SSSR count). The van der Waals surface area contributed by atoms with Gasteiger partial charge in [0.25, 0.3) is 0 Å². The molecule has 0 radical (unpaired) electrons. The molecule has 1 saturated carbocycles. The fourth-order valence-electron chi connectivity index (χ4n) is 2.02. The molecule has 1 atom stereocenters. The summed E-state index contributed by atoms with van der Waals surface area (Å²) in [5.41, 5.74) is 0.135. The Kier molecular flexibility index (Phi) is 3.31. The summed E-state index contributed by atoms with van der Waals surface area (Å²) in [6.45, 7) is 4.12. The van der Waals surface area contributed by atoms with Gasteiger partial charge in [-0.2, -0.15) is 13.2 Å². The predicted octanol–water partition coefficient (Wildman–Crippen LogP) is 2.63. The number of rotatable bonds is 2. The highest BCUT2D eigenvalue weighted by Gasteiger charge is 2.35. The normalized spacial score (nSPS) is 25.3. The second kappa shape index (κ2) is 4.02. The molecule has 0 saturated heterocycles. The molecule has 88 valence electrons. The smallest absolute Gasteiger partial charge is 0.353 e. The minimum atomic E-state index is -4.40. The summed E-state index contributed by atoms with van der Waals surface area (Å²) in [5, 5.41) is 2.43. The lowest BCUT2D eigenvalue weighted by Gasteiger charge is -2.18. The maximum atomic E-state index is 11.9. The molecule has 2 nitrogen and oxygen atoms in total. The lowest BCUT2D eigenvalue weighted by atomic mass is 9.92. The molecule has 0 heterocycles. The molecule has 1 N–H and O–H groups in total. The Balaban J connectivity index is 2.34. The Hall–Kier alpha value is -0.740. The standard InChI is InChI=1S/C10H16F3NO/c1-9(2)4-3-7(5-9)14-8(15)6-10(11,12)13/h7H,3-6H2,1-2H3,(H,14,15). The summed E-state index contributed by atoms with van der Waals surface area (Å²) >= 11 is 0. The SMILES string of the molecule is CC1(C)CCC(NC(=O)CC(F)(F)F)C1. The van der Waals surface area contributed by atoms with Crippen LogP contribution in [0.25, 0.3) is 0 Å². The van der Waals surface area contributed by atoms with Gasteiger partial charge in [0, 0.05) is 6.04 Å². The van der Waals surface area contributed by atoms with Gasteiger partial charge >= 0.3 is 6.18 Å². The van der Waals surface area contributed by atoms with Crippen LogP contribution in [-0.2, 0) is 4.79 Å². The van der Waals surface area contributed by atoms with Gasteiger partial charge in [-0.1, -0.05) is 13.8 Å². The summed E-state index contributed by atoms with van der Waals surface area (Å²) in [5.74, 6) is -0.912. The van der Waals surface area contributed by atoms with Gasteiger partial charge in [0.05, 0.1) is 0 Å². The second-order valence-electron chi connectivity index (χ2n) is 4.96. The van der Waals surface area contributed by atoms with Crippen LogP contribution in [0.1, 0.15) is 39.5 Å². The maximum absolute atomic E-state index is 11.9. The Morgan fingerprint density at radius 2 is 2.07 bits per heavy atom. The van der Waals surface area contributed by atoms with E-state index in [2.05, 4.69) is 19.2 Å². The molecule has 5 heteroatoms. The number of hydrogen-bond donors (Lipinski definition) is 1. The summed E-state index contributed by atoms with van der Waals surface area (Å²) in [7, 11) is 0. The third kappa shape index (κ3) is 4.53. The van der Waals surface area contributed by atoms with Gasteiger partial charge in [-0.05, 0) is 24.7 Å². The van der Waals surface area contributed by atoms with Crippen molar-refractivity contribution in [3.63, 3.8) is 0 Å². The number of halogens is 3. The number of alkyl halides is 3. The molecule has 1 aliphatic rings. The monoisotopic (exact) mass is 223 g/mol. The molecule has 0 aromatic heterocycles. The zero-order valence-corrected chi connectivity index (χ0v) is 8.95. The topological polar surface area (TPSA) is 29.1 Å². The molecule has 1 unspecified atom stereocenters. The van der Waals surface area contributed by atoms with Crippen molar-refractivity contribution >= 4 is 5.91 Å². The van der Waals surface area contributed by atoms with Crippen molar-refractivity contribution in [1.29, 1.82) is 0 Å². The summed E-state index contributed by atoms with van der Waals surface area (Å²) in [4.78, 5) is 11.0. The van der Waals surface area contributed by atoms with Gasteiger partial charge in [-0.3, -0.25) is 4.79 Å². The van der Waals surface area contributed by atoms with Crippen LogP contribution in [-0.4, -0.2) is 18.1 Å². The van der Waals surface area contributed by atoms with E-state index in [0.29, 0.717) is 0 Å². The van der Waals surface area contributed by atoms with Crippen LogP contribution in [0.15, 0.2) is 0 Å². The molecule has 0 aromatic carbocycles. The number of carbonyl (C=O) groups excluding carboxylic acids is 1. The van der Waals surface area contributed by atoms with E-state index in [1.807, 2.05) is 0 Å². The fraction of sp³-hybridized carbons (Fsp3) is 0.900. The number of nitrogens with one attached hydrogen (secondary N) is 1. The Morgan fingerprint density at radius 3 is 2.47 bits per heavy atom. The van der Waals surface area contributed by atoms with Crippen molar-refractivity contribution < 1.29 is 18.0 Å². The van der Waals surface area contributed by atoms with E-state index in [1.165, 1.54) is 0 Å². The Bertz CT molecular complexity index is 248. The van der Waals surface area contributed by atoms with E-state index in [9.17, 15) is 18.0 Å². The van der Waals surface area contributed by atoms with Crippen LogP contribution in [0.5, 0.6) is 0 Å². The number of carbonyl (C=O) groups is 1. The highest BCUT2D eigenvalue weighted by Crippen LogP contribution is 2.37. The van der Waals surface area contributed by atoms with Crippen molar-refractivity contribution in [3.05, 3.63) is 0 Å². The van der Waals surface area contributed by atoms with Crippen molar-refractivity contribution in [2.75, 3.05) is 0 Å². The lowest BCUT2D eigenvalue weighted by Crippen LogP contribution is -2.36. The van der Waals surface area contributed by atoms with Gasteiger partial charge in [0.15, 0.2) is 0 Å². The molecule has 1 amide bonds. The first-order chi connectivity index (χ1) is 6.68. The van der Waals surface area contributed by atoms with Gasteiger partial charge in [0.1, 0.15) is 6.42 Å². The number of amides is 1. The van der Waals surface area contributed by atoms with Crippen LogP contribution in [0.2, 0.25) is 0 Å². The van der Waals surface area contributed by atoms with Gasteiger partial charge < -0.3 is 5.32 Å². The maximum Gasteiger partial charge on any atom is 0.397 e. The van der Waals surface area contributed by atoms with Crippen molar-refractivity contribution in [2.24, 2.45) is 5.41 Å². The average Bonchev–Trinajstić information content (AvgIpc) is 2.25. The van der Waals surface area contributed by atoms with Crippen molar-refractivity contribution in [3.8, 4) is 0 Å². The molecule has 1 aliphatic carbocycles. The van der Waals surface area contributed by atoms with Gasteiger partial charge in [-0.25, -0.2) is 0 Å². The zero-order chi connectivity index (χ0) is 11.7. The van der Waals surface area contributed by atoms with Crippen molar-refractivity contribution in [2.45, 2.75) is 51.7 Å².